The maximum absolute atomic E-state index is 12.4. The number of amides is 2. The SMILES string of the molecule is COc1cc(Nc2ncc3c(n2)-c2ccc(C(=O)NCCN)cc2NC(=O)C3)ccc1O. The Hall–Kier alpha value is -4.18. The van der Waals surface area contributed by atoms with Crippen molar-refractivity contribution in [2.75, 3.05) is 30.8 Å². The van der Waals surface area contributed by atoms with Crippen LogP contribution in [0.5, 0.6) is 11.5 Å². The molecule has 10 heteroatoms. The zero-order valence-electron chi connectivity index (χ0n) is 17.3. The zero-order chi connectivity index (χ0) is 22.7. The Kier molecular flexibility index (Phi) is 5.86. The van der Waals surface area contributed by atoms with Gasteiger partial charge in [-0.2, -0.15) is 0 Å². The number of aromatic hydroxyl groups is 1. The lowest BCUT2D eigenvalue weighted by Gasteiger charge is -2.12. The molecule has 2 amide bonds. The third-order valence-corrected chi connectivity index (χ3v) is 4.89. The number of nitrogens with zero attached hydrogens (tertiary/aromatic N) is 2. The first kappa shape index (κ1) is 21.1. The van der Waals surface area contributed by atoms with Gasteiger partial charge in [-0.15, -0.1) is 0 Å². The second-order valence-electron chi connectivity index (χ2n) is 7.11. The van der Waals surface area contributed by atoms with Gasteiger partial charge >= 0.3 is 0 Å². The van der Waals surface area contributed by atoms with Gasteiger partial charge in [-0.1, -0.05) is 0 Å². The lowest BCUT2D eigenvalue weighted by atomic mass is 10.0. The molecule has 1 aliphatic rings. The molecule has 0 bridgehead atoms. The van der Waals surface area contributed by atoms with Crippen LogP contribution in [-0.4, -0.2) is 47.1 Å². The van der Waals surface area contributed by atoms with Crippen LogP contribution in [0.3, 0.4) is 0 Å². The molecular weight excluding hydrogens is 412 g/mol. The van der Waals surface area contributed by atoms with Crippen molar-refractivity contribution in [2.45, 2.75) is 6.42 Å². The van der Waals surface area contributed by atoms with Gasteiger partial charge < -0.3 is 31.5 Å². The Labute approximate surface area is 183 Å². The first-order chi connectivity index (χ1) is 15.5. The second kappa shape index (κ2) is 8.90. The first-order valence-electron chi connectivity index (χ1n) is 9.91. The molecule has 0 saturated heterocycles. The van der Waals surface area contributed by atoms with Crippen LogP contribution in [0.25, 0.3) is 11.3 Å². The van der Waals surface area contributed by atoms with Crippen LogP contribution in [0.4, 0.5) is 17.3 Å². The molecular formula is C22H22N6O4. The van der Waals surface area contributed by atoms with Crippen molar-refractivity contribution in [3.05, 3.63) is 53.7 Å². The molecule has 3 aromatic rings. The summed E-state index contributed by atoms with van der Waals surface area (Å²) in [6.45, 7) is 0.690. The standard InChI is InChI=1S/C22H22N6O4/c1-32-18-10-14(3-5-17(18)29)26-22-25-11-13-9-19(30)27-16-8-12(21(31)24-7-6-23)2-4-15(16)20(13)28-22/h2-5,8,10-11,29H,6-7,9,23H2,1H3,(H,24,31)(H,27,30)(H,25,26,28). The molecule has 0 unspecified atom stereocenters. The van der Waals surface area contributed by atoms with E-state index >= 15 is 0 Å². The fraction of sp³-hybridized carbons (Fsp3) is 0.182. The van der Waals surface area contributed by atoms with Crippen LogP contribution < -0.4 is 26.4 Å². The van der Waals surface area contributed by atoms with Crippen molar-refractivity contribution < 1.29 is 19.4 Å². The smallest absolute Gasteiger partial charge is 0.251 e. The van der Waals surface area contributed by atoms with Gasteiger partial charge in [0.15, 0.2) is 11.5 Å². The van der Waals surface area contributed by atoms with E-state index in [4.69, 9.17) is 10.5 Å². The summed E-state index contributed by atoms with van der Waals surface area (Å²) in [7, 11) is 1.46. The van der Waals surface area contributed by atoms with E-state index < -0.39 is 0 Å². The summed E-state index contributed by atoms with van der Waals surface area (Å²) < 4.78 is 5.13. The average Bonchev–Trinajstić information content (AvgIpc) is 2.93. The van der Waals surface area contributed by atoms with E-state index in [1.807, 2.05) is 0 Å². The van der Waals surface area contributed by atoms with Gasteiger partial charge in [0.2, 0.25) is 11.9 Å². The van der Waals surface area contributed by atoms with Crippen molar-refractivity contribution in [2.24, 2.45) is 5.73 Å². The molecule has 0 fully saturated rings. The van der Waals surface area contributed by atoms with Gasteiger partial charge in [0.1, 0.15) is 0 Å². The van der Waals surface area contributed by atoms with Gasteiger partial charge in [0.05, 0.1) is 24.9 Å². The number of rotatable bonds is 6. The van der Waals surface area contributed by atoms with Crippen molar-refractivity contribution in [1.29, 1.82) is 0 Å². The minimum atomic E-state index is -0.275. The van der Waals surface area contributed by atoms with E-state index in [-0.39, 0.29) is 24.0 Å². The summed E-state index contributed by atoms with van der Waals surface area (Å²) in [4.78, 5) is 33.6. The maximum Gasteiger partial charge on any atom is 0.251 e. The molecule has 0 aliphatic carbocycles. The fourth-order valence-electron chi connectivity index (χ4n) is 3.36. The quantitative estimate of drug-likeness (QED) is 0.368. The number of nitrogens with one attached hydrogen (secondary N) is 3. The molecule has 0 spiro atoms. The highest BCUT2D eigenvalue weighted by Gasteiger charge is 2.22. The largest absolute Gasteiger partial charge is 0.504 e. The number of methoxy groups -OCH3 is 1. The van der Waals surface area contributed by atoms with E-state index in [1.54, 1.807) is 36.5 Å². The first-order valence-corrected chi connectivity index (χ1v) is 9.91. The van der Waals surface area contributed by atoms with Crippen molar-refractivity contribution >= 4 is 29.1 Å². The summed E-state index contributed by atoms with van der Waals surface area (Å²) in [5, 5.41) is 18.4. The molecule has 2 heterocycles. The van der Waals surface area contributed by atoms with E-state index in [1.165, 1.54) is 13.2 Å². The summed E-state index contributed by atoms with van der Waals surface area (Å²) in [6, 6.07) is 9.82. The molecule has 0 atom stereocenters. The molecule has 4 rings (SSSR count). The van der Waals surface area contributed by atoms with Crippen molar-refractivity contribution in [3.63, 3.8) is 0 Å². The Morgan fingerprint density at radius 1 is 1.28 bits per heavy atom. The molecule has 1 aliphatic heterocycles. The number of hydrogen-bond acceptors (Lipinski definition) is 8. The normalized spacial score (nSPS) is 12.1. The average molecular weight is 434 g/mol. The van der Waals surface area contributed by atoms with Crippen LogP contribution in [0.2, 0.25) is 0 Å². The van der Waals surface area contributed by atoms with E-state index in [2.05, 4.69) is 25.9 Å². The van der Waals surface area contributed by atoms with E-state index in [0.29, 0.717) is 58.5 Å². The number of anilines is 3. The number of fused-ring (bicyclic) bond motifs is 3. The second-order valence-corrected chi connectivity index (χ2v) is 7.11. The molecule has 2 aromatic carbocycles. The van der Waals surface area contributed by atoms with Crippen LogP contribution in [0, 0.1) is 0 Å². The Balaban J connectivity index is 1.69. The highest BCUT2D eigenvalue weighted by Crippen LogP contribution is 2.34. The number of phenolic OH excluding ortho intramolecular Hbond substituents is 1. The number of carbonyl (C=O) groups is 2. The third kappa shape index (κ3) is 4.30. The Morgan fingerprint density at radius 2 is 2.12 bits per heavy atom. The fourth-order valence-corrected chi connectivity index (χ4v) is 3.36. The molecule has 6 N–H and O–H groups in total. The number of nitrogens with two attached hydrogens (primary N) is 1. The topological polar surface area (TPSA) is 151 Å². The van der Waals surface area contributed by atoms with Crippen molar-refractivity contribution in [3.8, 4) is 22.8 Å². The molecule has 1 aromatic heterocycles. The molecule has 0 saturated carbocycles. The Bertz CT molecular complexity index is 1200. The van der Waals surface area contributed by atoms with E-state index in [9.17, 15) is 14.7 Å². The number of aromatic nitrogens is 2. The van der Waals surface area contributed by atoms with Crippen molar-refractivity contribution in [1.82, 2.24) is 15.3 Å². The highest BCUT2D eigenvalue weighted by molar-refractivity contribution is 6.03. The maximum atomic E-state index is 12.4. The summed E-state index contributed by atoms with van der Waals surface area (Å²) >= 11 is 0. The molecule has 10 nitrogen and oxygen atoms in total. The lowest BCUT2D eigenvalue weighted by Crippen LogP contribution is -2.29. The molecule has 0 radical (unpaired) electrons. The molecule has 164 valence electrons. The number of hydrogen-bond donors (Lipinski definition) is 5. The van der Waals surface area contributed by atoms with Gasteiger partial charge in [-0.3, -0.25) is 9.59 Å². The van der Waals surface area contributed by atoms with Gasteiger partial charge in [0.25, 0.3) is 5.91 Å². The monoisotopic (exact) mass is 434 g/mol. The Morgan fingerprint density at radius 3 is 2.91 bits per heavy atom. The predicted octanol–water partition coefficient (Wildman–Crippen LogP) is 1.78. The van der Waals surface area contributed by atoms with Crippen LogP contribution >= 0.6 is 0 Å². The number of ether oxygens (including phenoxy) is 1. The zero-order valence-corrected chi connectivity index (χ0v) is 17.3. The van der Waals surface area contributed by atoms with Gasteiger partial charge in [0, 0.05) is 47.7 Å². The summed E-state index contributed by atoms with van der Waals surface area (Å²) in [6.07, 6.45) is 1.70. The lowest BCUT2D eigenvalue weighted by molar-refractivity contribution is -0.115. The number of carbonyl (C=O) groups excluding carboxylic acids is 2. The highest BCUT2D eigenvalue weighted by atomic mass is 16.5. The summed E-state index contributed by atoms with van der Waals surface area (Å²) in [5.41, 5.74) is 8.87. The van der Waals surface area contributed by atoms with Gasteiger partial charge in [-0.05, 0) is 30.3 Å². The number of phenols is 1. The predicted molar refractivity (Wildman–Crippen MR) is 119 cm³/mol. The summed E-state index contributed by atoms with van der Waals surface area (Å²) in [5.74, 6) is 0.137. The van der Waals surface area contributed by atoms with Crippen LogP contribution in [0.15, 0.2) is 42.6 Å². The van der Waals surface area contributed by atoms with Gasteiger partial charge in [-0.25, -0.2) is 9.97 Å². The third-order valence-electron chi connectivity index (χ3n) is 4.89. The minimum absolute atomic E-state index is 0.0192. The number of benzene rings is 2. The minimum Gasteiger partial charge on any atom is -0.504 e. The molecule has 32 heavy (non-hydrogen) atoms. The van der Waals surface area contributed by atoms with E-state index in [0.717, 1.165) is 0 Å². The van der Waals surface area contributed by atoms with Crippen LogP contribution in [-0.2, 0) is 11.2 Å². The van der Waals surface area contributed by atoms with Crippen LogP contribution in [0.1, 0.15) is 15.9 Å².